The summed E-state index contributed by atoms with van der Waals surface area (Å²) in [5.41, 5.74) is 0.555. The Kier molecular flexibility index (Phi) is 10.6. The quantitative estimate of drug-likeness (QED) is 0.276. The third-order valence-electron chi connectivity index (χ3n) is 6.19. The average molecular weight is 455 g/mol. The molecule has 1 saturated heterocycles. The minimum absolute atomic E-state index is 0.0816. The van der Waals surface area contributed by atoms with E-state index in [1.165, 1.54) is 0 Å². The van der Waals surface area contributed by atoms with Crippen LogP contribution in [0.1, 0.15) is 63.9 Å². The van der Waals surface area contributed by atoms with E-state index in [4.69, 9.17) is 18.9 Å². The predicted molar refractivity (Wildman–Crippen MR) is 130 cm³/mol. The van der Waals surface area contributed by atoms with Gasteiger partial charge in [-0.3, -0.25) is 4.79 Å². The Bertz CT molecular complexity index is 795. The summed E-state index contributed by atoms with van der Waals surface area (Å²) in [4.78, 5) is 13.3. The fourth-order valence-corrected chi connectivity index (χ4v) is 4.25. The average Bonchev–Trinajstić information content (AvgIpc) is 2.83. The third kappa shape index (κ3) is 8.39. The summed E-state index contributed by atoms with van der Waals surface area (Å²) in [5, 5.41) is 0. The van der Waals surface area contributed by atoms with Crippen molar-refractivity contribution in [1.29, 1.82) is 0 Å². The fourth-order valence-electron chi connectivity index (χ4n) is 4.25. The van der Waals surface area contributed by atoms with Crippen molar-refractivity contribution in [1.82, 2.24) is 0 Å². The summed E-state index contributed by atoms with van der Waals surface area (Å²) in [5.74, 6) is 1.61. The molecule has 1 aliphatic rings. The molecule has 5 heteroatoms. The number of esters is 1. The first-order chi connectivity index (χ1) is 16.2. The van der Waals surface area contributed by atoms with Gasteiger partial charge in [0.05, 0.1) is 18.6 Å². The van der Waals surface area contributed by atoms with Crippen molar-refractivity contribution in [2.24, 2.45) is 5.41 Å². The van der Waals surface area contributed by atoms with Crippen molar-refractivity contribution in [2.45, 2.75) is 64.9 Å². The van der Waals surface area contributed by atoms with Crippen LogP contribution in [0.3, 0.4) is 0 Å². The molecule has 0 atom stereocenters. The molecule has 0 amide bonds. The van der Waals surface area contributed by atoms with Crippen LogP contribution < -0.4 is 9.47 Å². The number of benzene rings is 2. The van der Waals surface area contributed by atoms with E-state index < -0.39 is 5.41 Å². The van der Waals surface area contributed by atoms with Crippen molar-refractivity contribution in [3.63, 3.8) is 0 Å². The molecule has 180 valence electrons. The molecule has 0 unspecified atom stereocenters. The Morgan fingerprint density at radius 1 is 0.879 bits per heavy atom. The van der Waals surface area contributed by atoms with Gasteiger partial charge < -0.3 is 18.9 Å². The second kappa shape index (κ2) is 13.9. The topological polar surface area (TPSA) is 54.0 Å². The van der Waals surface area contributed by atoms with Gasteiger partial charge in [-0.05, 0) is 74.8 Å². The Balaban J connectivity index is 1.51. The molecule has 0 saturated carbocycles. The molecule has 0 radical (unpaired) electrons. The zero-order chi connectivity index (χ0) is 23.2. The minimum atomic E-state index is -0.459. The van der Waals surface area contributed by atoms with Gasteiger partial charge in [-0.2, -0.15) is 0 Å². The summed E-state index contributed by atoms with van der Waals surface area (Å²) in [7, 11) is 0. The van der Waals surface area contributed by atoms with Gasteiger partial charge >= 0.3 is 5.97 Å². The molecule has 33 heavy (non-hydrogen) atoms. The zero-order valence-electron chi connectivity index (χ0n) is 19.9. The Morgan fingerprint density at radius 2 is 1.48 bits per heavy atom. The van der Waals surface area contributed by atoms with E-state index in [2.05, 4.69) is 6.92 Å². The molecule has 1 heterocycles. The number of rotatable bonds is 12. The first-order valence-electron chi connectivity index (χ1n) is 12.4. The highest BCUT2D eigenvalue weighted by Crippen LogP contribution is 2.38. The van der Waals surface area contributed by atoms with E-state index in [1.807, 2.05) is 54.6 Å². The van der Waals surface area contributed by atoms with Gasteiger partial charge in [-0.25, -0.2) is 0 Å². The van der Waals surface area contributed by atoms with Crippen LogP contribution in [0.25, 0.3) is 0 Å². The van der Waals surface area contributed by atoms with Crippen LogP contribution in [0.2, 0.25) is 0 Å². The first-order valence-corrected chi connectivity index (χ1v) is 12.4. The second-order valence-corrected chi connectivity index (χ2v) is 8.79. The normalized spacial score (nSPS) is 15.8. The number of hydrogen-bond donors (Lipinski definition) is 0. The van der Waals surface area contributed by atoms with E-state index >= 15 is 0 Å². The molecule has 0 aliphatic carbocycles. The molecule has 0 bridgehead atoms. The summed E-state index contributed by atoms with van der Waals surface area (Å²) >= 11 is 0. The number of hydrogen-bond acceptors (Lipinski definition) is 5. The van der Waals surface area contributed by atoms with Gasteiger partial charge in [-0.1, -0.05) is 43.7 Å². The Morgan fingerprint density at radius 3 is 2.09 bits per heavy atom. The molecule has 5 nitrogen and oxygen atoms in total. The van der Waals surface area contributed by atoms with Crippen LogP contribution in [-0.4, -0.2) is 32.4 Å². The minimum Gasteiger partial charge on any atom is -0.494 e. The highest BCUT2D eigenvalue weighted by Gasteiger charge is 2.39. The second-order valence-electron chi connectivity index (χ2n) is 8.79. The molecule has 2 aromatic carbocycles. The smallest absolute Gasteiger partial charge is 0.312 e. The monoisotopic (exact) mass is 454 g/mol. The third-order valence-corrected chi connectivity index (χ3v) is 6.19. The van der Waals surface area contributed by atoms with Crippen LogP contribution in [0, 0.1) is 5.41 Å². The standard InChI is InChI=1S/C28H38O5/c1-2-3-21-31-25-12-14-26(15-13-25)32-22-9-18-28(16-7-19-30-20-8-17-28)27(29)33-23-24-10-5-4-6-11-24/h4-6,10-15H,2-3,7-9,16-23H2,1H3. The molecule has 1 fully saturated rings. The summed E-state index contributed by atoms with van der Waals surface area (Å²) in [6.07, 6.45) is 7.08. The first kappa shape index (κ1) is 25.1. The highest BCUT2D eigenvalue weighted by molar-refractivity contribution is 5.76. The molecule has 0 spiro atoms. The largest absolute Gasteiger partial charge is 0.494 e. The van der Waals surface area contributed by atoms with Crippen molar-refractivity contribution in [3.8, 4) is 11.5 Å². The molecule has 0 aromatic heterocycles. The van der Waals surface area contributed by atoms with Gasteiger partial charge in [0.2, 0.25) is 0 Å². The van der Waals surface area contributed by atoms with Crippen molar-refractivity contribution in [3.05, 3.63) is 60.2 Å². The van der Waals surface area contributed by atoms with Crippen molar-refractivity contribution < 1.29 is 23.7 Å². The summed E-state index contributed by atoms with van der Waals surface area (Å²) < 4.78 is 23.1. The Hall–Kier alpha value is -2.53. The summed E-state index contributed by atoms with van der Waals surface area (Å²) in [6, 6.07) is 17.6. The molecule has 2 aromatic rings. The maximum absolute atomic E-state index is 13.3. The molecular formula is C28H38O5. The Labute approximate surface area is 198 Å². The van der Waals surface area contributed by atoms with Gasteiger partial charge in [0.15, 0.2) is 0 Å². The van der Waals surface area contributed by atoms with Crippen LogP contribution in [0.15, 0.2) is 54.6 Å². The van der Waals surface area contributed by atoms with Crippen LogP contribution >= 0.6 is 0 Å². The van der Waals surface area contributed by atoms with Gasteiger partial charge in [0.25, 0.3) is 0 Å². The van der Waals surface area contributed by atoms with E-state index in [0.717, 1.165) is 75.0 Å². The van der Waals surface area contributed by atoms with E-state index in [0.29, 0.717) is 26.4 Å². The zero-order valence-corrected chi connectivity index (χ0v) is 19.9. The lowest BCUT2D eigenvalue weighted by Gasteiger charge is -2.33. The van der Waals surface area contributed by atoms with E-state index in [9.17, 15) is 4.79 Å². The van der Waals surface area contributed by atoms with Gasteiger partial charge in [0, 0.05) is 13.2 Å². The maximum Gasteiger partial charge on any atom is 0.312 e. The van der Waals surface area contributed by atoms with E-state index in [-0.39, 0.29) is 5.97 Å². The predicted octanol–water partition coefficient (Wildman–Crippen LogP) is 6.34. The lowest BCUT2D eigenvalue weighted by atomic mass is 9.75. The lowest BCUT2D eigenvalue weighted by Crippen LogP contribution is -2.35. The maximum atomic E-state index is 13.3. The van der Waals surface area contributed by atoms with E-state index in [1.54, 1.807) is 0 Å². The fraction of sp³-hybridized carbons (Fsp3) is 0.536. The molecule has 1 aliphatic heterocycles. The van der Waals surface area contributed by atoms with Crippen LogP contribution in [0.4, 0.5) is 0 Å². The van der Waals surface area contributed by atoms with Crippen molar-refractivity contribution >= 4 is 5.97 Å². The van der Waals surface area contributed by atoms with Gasteiger partial charge in [-0.15, -0.1) is 0 Å². The number of ether oxygens (including phenoxy) is 4. The van der Waals surface area contributed by atoms with Gasteiger partial charge in [0.1, 0.15) is 18.1 Å². The highest BCUT2D eigenvalue weighted by atomic mass is 16.5. The van der Waals surface area contributed by atoms with Crippen LogP contribution in [0.5, 0.6) is 11.5 Å². The lowest BCUT2D eigenvalue weighted by molar-refractivity contribution is -0.160. The molecule has 3 rings (SSSR count). The number of carbonyl (C=O) groups excluding carboxylic acids is 1. The SMILES string of the molecule is CCCCOc1ccc(OCCCC2(C(=O)OCc3ccccc3)CCCOCCC2)cc1. The number of unbranched alkanes of at least 4 members (excludes halogenated alkanes) is 1. The molecular weight excluding hydrogens is 416 g/mol. The summed E-state index contributed by atoms with van der Waals surface area (Å²) in [6.45, 7) is 5.19. The number of carbonyl (C=O) groups is 1. The molecule has 0 N–H and O–H groups in total. The van der Waals surface area contributed by atoms with Crippen molar-refractivity contribution in [2.75, 3.05) is 26.4 Å². The van der Waals surface area contributed by atoms with Crippen LogP contribution in [-0.2, 0) is 20.9 Å².